The van der Waals surface area contributed by atoms with E-state index in [9.17, 15) is 34.1 Å². The van der Waals surface area contributed by atoms with Gasteiger partial charge in [0.1, 0.15) is 23.7 Å². The average molecular weight is 433 g/mol. The fourth-order valence-electron chi connectivity index (χ4n) is 3.08. The van der Waals surface area contributed by atoms with Gasteiger partial charge in [0.05, 0.1) is 27.5 Å². The number of carbonyl (C=O) groups is 3. The summed E-state index contributed by atoms with van der Waals surface area (Å²) in [5.41, 5.74) is -1.13. The first-order valence-corrected chi connectivity index (χ1v) is 9.05. The number of pyridine rings is 1. The van der Waals surface area contributed by atoms with Crippen LogP contribution in [0, 0.1) is 5.82 Å². The number of benzene rings is 2. The molecule has 0 spiro atoms. The maximum absolute atomic E-state index is 14.6. The molecule has 1 aromatic heterocycles. The van der Waals surface area contributed by atoms with Crippen LogP contribution in [0.4, 0.5) is 4.39 Å². The summed E-state index contributed by atoms with van der Waals surface area (Å²) in [6, 6.07) is 4.82. The number of ether oxygens (including phenoxy) is 1. The molecule has 0 bridgehead atoms. The number of aliphatic hydroxyl groups excluding tert-OH is 1. The molecule has 30 heavy (non-hydrogen) atoms. The second-order valence-electron chi connectivity index (χ2n) is 5.82. The van der Waals surface area contributed by atoms with Crippen LogP contribution in [0.3, 0.4) is 0 Å². The van der Waals surface area contributed by atoms with Gasteiger partial charge in [0.15, 0.2) is 11.5 Å². The maximum atomic E-state index is 14.6. The number of nitrogens with zero attached hydrogens (tertiary/aromatic N) is 1. The fraction of sp³-hybridized carbons (Fsp3) is 0.0526. The van der Waals surface area contributed by atoms with Gasteiger partial charge in [-0.1, -0.05) is 11.8 Å². The van der Waals surface area contributed by atoms with Crippen molar-refractivity contribution < 1.29 is 38.8 Å². The van der Waals surface area contributed by atoms with Crippen molar-refractivity contribution in [3.8, 4) is 17.2 Å². The normalized spacial score (nSPS) is 11.1. The second kappa shape index (κ2) is 7.97. The van der Waals surface area contributed by atoms with Crippen molar-refractivity contribution in [1.29, 1.82) is 0 Å². The summed E-state index contributed by atoms with van der Waals surface area (Å²) in [6.07, 6.45) is 1.09. The summed E-state index contributed by atoms with van der Waals surface area (Å²) in [6.45, 7) is 2.00. The molecule has 0 radical (unpaired) electrons. The molecule has 0 amide bonds. The van der Waals surface area contributed by atoms with E-state index in [1.165, 1.54) is 22.8 Å². The standard InChI is InChI=1S/C18H10FNO7S.CH2O/c19-10-4-8-13-15(16(10)28-6-21)27-12-3-7(17(23)24)1-2-11(12)20(13)5-9(14(8)22)18(25)26;1-2/h1-5,21H,6H2,(H,23,24)(H,25,26);1H2. The number of rotatable bonds is 4. The first-order valence-electron chi connectivity index (χ1n) is 8.06. The van der Waals surface area contributed by atoms with Crippen LogP contribution in [-0.4, -0.2) is 44.6 Å². The van der Waals surface area contributed by atoms with E-state index in [0.717, 1.165) is 24.0 Å². The number of thioether (sulfide) groups is 1. The monoisotopic (exact) mass is 433 g/mol. The van der Waals surface area contributed by atoms with Gasteiger partial charge in [-0.2, -0.15) is 0 Å². The number of aliphatic hydroxyl groups is 1. The Kier molecular flexibility index (Phi) is 5.58. The van der Waals surface area contributed by atoms with Gasteiger partial charge in [-0.15, -0.1) is 0 Å². The van der Waals surface area contributed by atoms with Gasteiger partial charge in [-0.3, -0.25) is 4.79 Å². The van der Waals surface area contributed by atoms with Crippen LogP contribution >= 0.6 is 11.8 Å². The molecule has 2 heterocycles. The zero-order valence-electron chi connectivity index (χ0n) is 14.9. The third-order valence-electron chi connectivity index (χ3n) is 4.27. The van der Waals surface area contributed by atoms with E-state index in [1.54, 1.807) is 0 Å². The second-order valence-corrected chi connectivity index (χ2v) is 6.78. The van der Waals surface area contributed by atoms with Crippen molar-refractivity contribution in [3.63, 3.8) is 0 Å². The van der Waals surface area contributed by atoms with Crippen molar-refractivity contribution in [2.45, 2.75) is 4.90 Å². The number of carboxylic acids is 2. The van der Waals surface area contributed by atoms with Crippen LogP contribution in [0.2, 0.25) is 0 Å². The number of carboxylic acid groups (broad SMARTS) is 2. The van der Waals surface area contributed by atoms with E-state index in [4.69, 9.17) is 9.53 Å². The topological polar surface area (TPSA) is 143 Å². The Hall–Kier alpha value is -3.70. The summed E-state index contributed by atoms with van der Waals surface area (Å²) >= 11 is 0.720. The first-order chi connectivity index (χ1) is 14.3. The van der Waals surface area contributed by atoms with Gasteiger partial charge in [-0.25, -0.2) is 14.0 Å². The van der Waals surface area contributed by atoms with E-state index < -0.39 is 34.7 Å². The lowest BCUT2D eigenvalue weighted by Gasteiger charge is -2.25. The molecule has 1 aliphatic rings. The van der Waals surface area contributed by atoms with E-state index >= 15 is 0 Å². The van der Waals surface area contributed by atoms with Gasteiger partial charge >= 0.3 is 11.9 Å². The molecule has 0 fully saturated rings. The molecular formula is C19H12FNO8S. The van der Waals surface area contributed by atoms with Crippen LogP contribution in [0.5, 0.6) is 11.5 Å². The number of aromatic nitrogens is 1. The predicted molar refractivity (Wildman–Crippen MR) is 104 cm³/mol. The van der Waals surface area contributed by atoms with E-state index in [2.05, 4.69) is 0 Å². The van der Waals surface area contributed by atoms with E-state index in [1.807, 2.05) is 6.79 Å². The molecule has 1 aliphatic heterocycles. The highest BCUT2D eigenvalue weighted by molar-refractivity contribution is 7.99. The third kappa shape index (κ3) is 3.19. The molecule has 9 nitrogen and oxygen atoms in total. The molecule has 154 valence electrons. The number of hydrogen-bond acceptors (Lipinski definition) is 7. The zero-order chi connectivity index (χ0) is 22.2. The quantitative estimate of drug-likeness (QED) is 0.327. The van der Waals surface area contributed by atoms with Crippen molar-refractivity contribution in [3.05, 3.63) is 57.6 Å². The van der Waals surface area contributed by atoms with Gasteiger partial charge in [0, 0.05) is 6.20 Å². The van der Waals surface area contributed by atoms with Crippen LogP contribution in [0.15, 0.2) is 40.2 Å². The smallest absolute Gasteiger partial charge is 0.341 e. The molecule has 0 aliphatic carbocycles. The summed E-state index contributed by atoms with van der Waals surface area (Å²) in [7, 11) is 0. The lowest BCUT2D eigenvalue weighted by Crippen LogP contribution is -2.21. The van der Waals surface area contributed by atoms with E-state index in [-0.39, 0.29) is 38.5 Å². The third-order valence-corrected chi connectivity index (χ3v) is 5.07. The van der Waals surface area contributed by atoms with Gasteiger partial charge in [-0.05, 0) is 24.3 Å². The van der Waals surface area contributed by atoms with Gasteiger partial charge in [0.25, 0.3) is 0 Å². The lowest BCUT2D eigenvalue weighted by molar-refractivity contribution is -0.0980. The van der Waals surface area contributed by atoms with Crippen molar-refractivity contribution in [2.24, 2.45) is 0 Å². The summed E-state index contributed by atoms with van der Waals surface area (Å²) in [5.74, 6) is -4.10. The number of hydrogen-bond donors (Lipinski definition) is 3. The molecule has 0 unspecified atom stereocenters. The predicted octanol–water partition coefficient (Wildman–Crippen LogP) is 2.49. The number of fused-ring (bicyclic) bond motifs is 2. The molecule has 0 saturated carbocycles. The molecule has 2 aromatic carbocycles. The van der Waals surface area contributed by atoms with Crippen LogP contribution in [0.25, 0.3) is 16.6 Å². The summed E-state index contributed by atoms with van der Waals surface area (Å²) in [5, 5.41) is 27.6. The minimum Gasteiger partial charge on any atom is -0.478 e. The van der Waals surface area contributed by atoms with Crippen LogP contribution < -0.4 is 10.2 Å². The zero-order valence-corrected chi connectivity index (χ0v) is 15.7. The Morgan fingerprint density at radius 1 is 1.17 bits per heavy atom. The largest absolute Gasteiger partial charge is 0.478 e. The molecular weight excluding hydrogens is 421 g/mol. The number of halogens is 1. The minimum atomic E-state index is -1.48. The Morgan fingerprint density at radius 2 is 1.87 bits per heavy atom. The fourth-order valence-corrected chi connectivity index (χ4v) is 3.68. The SMILES string of the molecule is C=O.O=C(O)c1ccc2c(c1)Oc1c(SCO)c(F)cc3c(=O)c(C(=O)O)cn-2c13. The molecule has 0 atom stereocenters. The Balaban J connectivity index is 0.00000124. The summed E-state index contributed by atoms with van der Waals surface area (Å²) in [4.78, 5) is 43.2. The molecule has 3 aromatic rings. The van der Waals surface area contributed by atoms with Crippen LogP contribution in [-0.2, 0) is 4.79 Å². The summed E-state index contributed by atoms with van der Waals surface area (Å²) < 4.78 is 21.7. The molecule has 11 heteroatoms. The molecule has 3 N–H and O–H groups in total. The lowest BCUT2D eigenvalue weighted by atomic mass is 10.1. The Bertz CT molecular complexity index is 1270. The van der Waals surface area contributed by atoms with Gasteiger partial charge < -0.3 is 29.4 Å². The Labute approximate surface area is 170 Å². The van der Waals surface area contributed by atoms with Crippen molar-refractivity contribution in [2.75, 3.05) is 5.94 Å². The first kappa shape index (κ1) is 21.0. The van der Waals surface area contributed by atoms with Gasteiger partial charge in [0.2, 0.25) is 5.43 Å². The van der Waals surface area contributed by atoms with Crippen molar-refractivity contribution >= 4 is 41.4 Å². The highest BCUT2D eigenvalue weighted by atomic mass is 32.2. The number of aromatic carboxylic acids is 2. The molecule has 0 saturated heterocycles. The highest BCUT2D eigenvalue weighted by Crippen LogP contribution is 2.46. The van der Waals surface area contributed by atoms with Crippen molar-refractivity contribution in [1.82, 2.24) is 4.57 Å². The molecule has 4 rings (SSSR count). The van der Waals surface area contributed by atoms with E-state index in [0.29, 0.717) is 0 Å². The highest BCUT2D eigenvalue weighted by Gasteiger charge is 2.29. The Morgan fingerprint density at radius 3 is 2.47 bits per heavy atom. The van der Waals surface area contributed by atoms with Crippen LogP contribution in [0.1, 0.15) is 20.7 Å². The number of carbonyl (C=O) groups excluding carboxylic acids is 1. The maximum Gasteiger partial charge on any atom is 0.341 e. The average Bonchev–Trinajstić information content (AvgIpc) is 2.73. The minimum absolute atomic E-state index is 0.0408.